The van der Waals surface area contributed by atoms with Gasteiger partial charge in [0.05, 0.1) is 17.6 Å². The predicted octanol–water partition coefficient (Wildman–Crippen LogP) is 0.539. The molecule has 8 heteroatoms. The third-order valence-corrected chi connectivity index (χ3v) is 2.44. The molecule has 0 radical (unpaired) electrons. The molecule has 102 valence electrons. The summed E-state index contributed by atoms with van der Waals surface area (Å²) in [5, 5.41) is 27.4. The molecule has 1 unspecified atom stereocenters. The summed E-state index contributed by atoms with van der Waals surface area (Å²) in [6.07, 6.45) is -0.727. The van der Waals surface area contributed by atoms with E-state index in [-0.39, 0.29) is 18.8 Å². The summed E-state index contributed by atoms with van der Waals surface area (Å²) in [5.41, 5.74) is 0.298. The number of methoxy groups -OCH3 is 1. The van der Waals surface area contributed by atoms with Crippen molar-refractivity contribution >= 4 is 11.5 Å². The second kappa shape index (κ2) is 6.31. The number of nitro groups is 1. The molecular weight excluding hydrogens is 240 g/mol. The van der Waals surface area contributed by atoms with E-state index >= 15 is 0 Å². The molecule has 0 aliphatic rings. The van der Waals surface area contributed by atoms with Gasteiger partial charge in [-0.25, -0.2) is 4.68 Å². The summed E-state index contributed by atoms with van der Waals surface area (Å²) < 4.78 is 6.29. The van der Waals surface area contributed by atoms with Gasteiger partial charge in [-0.3, -0.25) is 10.1 Å². The first kappa shape index (κ1) is 14.4. The third-order valence-electron chi connectivity index (χ3n) is 2.44. The standard InChI is InChI=1S/C10H18N4O4/c1-4-13-10(11-5-8(15)6-18-3)9(14(16)17)7(2)12-13/h8,11,15H,4-6H2,1-3H3. The minimum absolute atomic E-state index is 0.0542. The lowest BCUT2D eigenvalue weighted by molar-refractivity contribution is -0.384. The van der Waals surface area contributed by atoms with Gasteiger partial charge >= 0.3 is 5.69 Å². The van der Waals surface area contributed by atoms with Crippen LogP contribution in [0, 0.1) is 17.0 Å². The molecule has 0 aliphatic heterocycles. The number of aliphatic hydroxyl groups excluding tert-OH is 1. The molecule has 0 saturated carbocycles. The quantitative estimate of drug-likeness (QED) is 0.546. The van der Waals surface area contributed by atoms with E-state index in [4.69, 9.17) is 4.74 Å². The summed E-state index contributed by atoms with van der Waals surface area (Å²) in [5.74, 6) is 0.315. The van der Waals surface area contributed by atoms with Crippen LogP contribution in [0.4, 0.5) is 11.5 Å². The first-order chi connectivity index (χ1) is 8.51. The number of anilines is 1. The van der Waals surface area contributed by atoms with Gasteiger partial charge in [-0.15, -0.1) is 0 Å². The Kier molecular flexibility index (Phi) is 5.05. The molecule has 0 aliphatic carbocycles. The number of aromatic nitrogens is 2. The van der Waals surface area contributed by atoms with Crippen molar-refractivity contribution in [2.45, 2.75) is 26.5 Å². The third kappa shape index (κ3) is 3.17. The fraction of sp³-hybridized carbons (Fsp3) is 0.700. The van der Waals surface area contributed by atoms with Gasteiger partial charge in [0.1, 0.15) is 5.69 Å². The number of nitrogens with zero attached hydrogens (tertiary/aromatic N) is 3. The van der Waals surface area contributed by atoms with Crippen molar-refractivity contribution in [2.75, 3.05) is 25.6 Å². The topological polar surface area (TPSA) is 102 Å². The number of hydrogen-bond donors (Lipinski definition) is 2. The van der Waals surface area contributed by atoms with E-state index in [9.17, 15) is 15.2 Å². The lowest BCUT2D eigenvalue weighted by Crippen LogP contribution is -2.25. The molecule has 1 aromatic rings. The lowest BCUT2D eigenvalue weighted by Gasteiger charge is -2.12. The van der Waals surface area contributed by atoms with Crippen LogP contribution < -0.4 is 5.32 Å². The second-order valence-corrected chi connectivity index (χ2v) is 3.85. The molecule has 1 aromatic heterocycles. The zero-order valence-electron chi connectivity index (χ0n) is 10.7. The Morgan fingerprint density at radius 2 is 2.33 bits per heavy atom. The number of aryl methyl sites for hydroxylation is 2. The molecule has 8 nitrogen and oxygen atoms in total. The minimum atomic E-state index is -0.727. The van der Waals surface area contributed by atoms with Crippen molar-refractivity contribution < 1.29 is 14.8 Å². The van der Waals surface area contributed by atoms with Crippen molar-refractivity contribution in [1.82, 2.24) is 9.78 Å². The lowest BCUT2D eigenvalue weighted by atomic mass is 10.3. The summed E-state index contributed by atoms with van der Waals surface area (Å²) in [4.78, 5) is 10.5. The van der Waals surface area contributed by atoms with E-state index in [1.165, 1.54) is 11.8 Å². The van der Waals surface area contributed by atoms with E-state index in [1.807, 2.05) is 6.92 Å². The van der Waals surface area contributed by atoms with E-state index in [0.717, 1.165) is 0 Å². The number of nitrogens with one attached hydrogen (secondary N) is 1. The Morgan fingerprint density at radius 3 is 2.83 bits per heavy atom. The minimum Gasteiger partial charge on any atom is -0.389 e. The fourth-order valence-corrected chi connectivity index (χ4v) is 1.66. The first-order valence-electron chi connectivity index (χ1n) is 5.63. The highest BCUT2D eigenvalue weighted by atomic mass is 16.6. The largest absolute Gasteiger partial charge is 0.389 e. The molecule has 2 N–H and O–H groups in total. The Labute approximate surface area is 105 Å². The Bertz CT molecular complexity index is 418. The number of hydrogen-bond acceptors (Lipinski definition) is 6. The Morgan fingerprint density at radius 1 is 1.67 bits per heavy atom. The van der Waals surface area contributed by atoms with Crippen molar-refractivity contribution in [3.05, 3.63) is 15.8 Å². The van der Waals surface area contributed by atoms with Gasteiger partial charge in [0.2, 0.25) is 5.82 Å². The fourth-order valence-electron chi connectivity index (χ4n) is 1.66. The summed E-state index contributed by atoms with van der Waals surface area (Å²) in [6.45, 7) is 4.27. The highest BCUT2D eigenvalue weighted by Crippen LogP contribution is 2.27. The summed E-state index contributed by atoms with van der Waals surface area (Å²) in [6, 6.07) is 0. The van der Waals surface area contributed by atoms with E-state index in [0.29, 0.717) is 18.1 Å². The highest BCUT2D eigenvalue weighted by molar-refractivity contribution is 5.59. The summed E-state index contributed by atoms with van der Waals surface area (Å²) in [7, 11) is 1.48. The normalized spacial score (nSPS) is 12.4. The maximum Gasteiger partial charge on any atom is 0.333 e. The van der Waals surface area contributed by atoms with Crippen molar-refractivity contribution in [1.29, 1.82) is 0 Å². The Hall–Kier alpha value is -1.67. The second-order valence-electron chi connectivity index (χ2n) is 3.85. The molecule has 0 spiro atoms. The van der Waals surface area contributed by atoms with Crippen LogP contribution in [-0.2, 0) is 11.3 Å². The number of ether oxygens (including phenoxy) is 1. The van der Waals surface area contributed by atoms with Crippen molar-refractivity contribution in [3.8, 4) is 0 Å². The molecular formula is C10H18N4O4. The van der Waals surface area contributed by atoms with Crippen molar-refractivity contribution in [2.24, 2.45) is 0 Å². The summed E-state index contributed by atoms with van der Waals surface area (Å²) >= 11 is 0. The SMILES string of the molecule is CCn1nc(C)c([N+](=O)[O-])c1NCC(O)COC. The average molecular weight is 258 g/mol. The highest BCUT2D eigenvalue weighted by Gasteiger charge is 2.24. The Balaban J connectivity index is 2.88. The molecule has 1 heterocycles. The van der Waals surface area contributed by atoms with E-state index in [1.54, 1.807) is 6.92 Å². The van der Waals surface area contributed by atoms with Gasteiger partial charge in [0.15, 0.2) is 0 Å². The maximum absolute atomic E-state index is 11.0. The zero-order chi connectivity index (χ0) is 13.7. The van der Waals surface area contributed by atoms with Crippen LogP contribution in [0.5, 0.6) is 0 Å². The zero-order valence-corrected chi connectivity index (χ0v) is 10.7. The monoisotopic (exact) mass is 258 g/mol. The van der Waals surface area contributed by atoms with Crippen LogP contribution in [0.15, 0.2) is 0 Å². The molecule has 18 heavy (non-hydrogen) atoms. The van der Waals surface area contributed by atoms with Crippen LogP contribution in [0.25, 0.3) is 0 Å². The van der Waals surface area contributed by atoms with Gasteiger partial charge in [-0.1, -0.05) is 0 Å². The molecule has 0 fully saturated rings. The van der Waals surface area contributed by atoms with Gasteiger partial charge in [0, 0.05) is 20.2 Å². The molecule has 0 amide bonds. The van der Waals surface area contributed by atoms with Gasteiger partial charge in [-0.2, -0.15) is 5.10 Å². The molecule has 0 aromatic carbocycles. The van der Waals surface area contributed by atoms with Crippen LogP contribution >= 0.6 is 0 Å². The van der Waals surface area contributed by atoms with Crippen LogP contribution in [-0.4, -0.2) is 46.2 Å². The van der Waals surface area contributed by atoms with Gasteiger partial charge in [-0.05, 0) is 13.8 Å². The average Bonchev–Trinajstić information content (AvgIpc) is 2.63. The van der Waals surface area contributed by atoms with Gasteiger partial charge < -0.3 is 15.2 Å². The van der Waals surface area contributed by atoms with Crippen LogP contribution in [0.3, 0.4) is 0 Å². The number of aliphatic hydroxyl groups is 1. The predicted molar refractivity (Wildman–Crippen MR) is 65.7 cm³/mol. The van der Waals surface area contributed by atoms with Gasteiger partial charge in [0.25, 0.3) is 0 Å². The number of rotatable bonds is 7. The molecule has 1 rings (SSSR count). The molecule has 1 atom stereocenters. The maximum atomic E-state index is 11.0. The molecule has 0 saturated heterocycles. The van der Waals surface area contributed by atoms with Crippen LogP contribution in [0.2, 0.25) is 0 Å². The first-order valence-corrected chi connectivity index (χ1v) is 5.63. The van der Waals surface area contributed by atoms with E-state index in [2.05, 4.69) is 10.4 Å². The van der Waals surface area contributed by atoms with Crippen LogP contribution in [0.1, 0.15) is 12.6 Å². The molecule has 0 bridgehead atoms. The van der Waals surface area contributed by atoms with E-state index < -0.39 is 11.0 Å². The smallest absolute Gasteiger partial charge is 0.333 e. The van der Waals surface area contributed by atoms with Crippen molar-refractivity contribution in [3.63, 3.8) is 0 Å².